The Bertz CT molecular complexity index is 4070. The van der Waals surface area contributed by atoms with Crippen LogP contribution in [0.5, 0.6) is 5.75 Å². The predicted octanol–water partition coefficient (Wildman–Crippen LogP) is 14.8. The number of anilines is 1. The maximum Gasteiger partial charge on any atom is 0.306 e. The van der Waals surface area contributed by atoms with Gasteiger partial charge in [-0.3, -0.25) is 19.2 Å². The first-order chi connectivity index (χ1) is 57.8. The van der Waals surface area contributed by atoms with Crippen LogP contribution in [0.15, 0.2) is 144 Å². The van der Waals surface area contributed by atoms with Crippen molar-refractivity contribution in [3.05, 3.63) is 178 Å². The number of benzene rings is 5. The number of ether oxygens (including phenoxy) is 8. The van der Waals surface area contributed by atoms with E-state index in [1.165, 1.54) is 17.5 Å². The highest BCUT2D eigenvalue weighted by atomic mass is 35.5. The van der Waals surface area contributed by atoms with Gasteiger partial charge in [-0.25, -0.2) is 4.21 Å². The fourth-order valence-corrected chi connectivity index (χ4v) is 19.7. The van der Waals surface area contributed by atoms with E-state index in [0.29, 0.717) is 138 Å². The monoisotopic (exact) mass is 1740 g/mol. The van der Waals surface area contributed by atoms with Gasteiger partial charge in [-0.1, -0.05) is 128 Å². The molecule has 121 heavy (non-hydrogen) atoms. The lowest BCUT2D eigenvalue weighted by molar-refractivity contribution is -0.150. The van der Waals surface area contributed by atoms with E-state index in [9.17, 15) is 23.4 Å². The minimum Gasteiger partial charge on any atom is -0.490 e. The molecule has 8 fully saturated rings. The maximum atomic E-state index is 14.6. The van der Waals surface area contributed by atoms with Gasteiger partial charge in [0.25, 0.3) is 5.91 Å². The Hall–Kier alpha value is -6.39. The standard InChI is InChI=1S/C40H53ClN2O5S.C15H20O3.2C14H18O3.C5H11NO.2C4H9NO.ClH/c1-27-7-4-10-37(47-3)34-14-11-31(34)22-43-25-40(17-5-8-29-20-33(41)13-15-35(29)40)26-48-38-16-12-30(21-36(38)43)39(44)42-49(45,24-27)18-6-9-28-19-32(28)23-46-2;1-11(12-6-4-3-5-7-12)18-15(16)9-13-8-14(13)10-17-2;2*1-10(11-5-3-2-4-6-11)17-14(16)8-12-7-13(12)9-15;1-7-3-4-2-5(4)6;2*5-4-1-3(4)2-6;/h4,10,12-13,15-16,20-21,27-28,31-32,34,37H,5-9,11,14,17-19,22-26H2,1-3H3;3-7,11,13-14H,8-10H2,1-2H3;2*2-6,10,12-13,15H,7-9H2,1H3;4-5H,2-3,6H2,1H3;2*3-4,6H,1-2,5H2;1H/b10-4+;;;;;;;/t27-,28+,31-,32+,34+,37-,40-,49-;11-,13-,14+;10-,12+,13-;10-,12-,13+;4-,5-;2*3-,4-;/m0000110./s1. The number of hydrogen-bond acceptors (Lipinski definition) is 21. The van der Waals surface area contributed by atoms with Crippen molar-refractivity contribution in [1.29, 1.82) is 0 Å². The van der Waals surface area contributed by atoms with Crippen molar-refractivity contribution in [2.45, 2.75) is 191 Å². The Morgan fingerprint density at radius 2 is 1.07 bits per heavy atom. The number of carbonyl (C=O) groups excluding carboxylic acids is 4. The summed E-state index contributed by atoms with van der Waals surface area (Å²) in [5.41, 5.74) is 23.0. The highest BCUT2D eigenvalue weighted by molar-refractivity contribution is 7.93. The Morgan fingerprint density at radius 3 is 1.51 bits per heavy atom. The number of amides is 1. The fraction of sp³-hybridized carbons (Fsp3) is 0.625. The number of hydrogen-bond donors (Lipinski definition) is 7. The van der Waals surface area contributed by atoms with E-state index < -0.39 is 9.73 Å². The summed E-state index contributed by atoms with van der Waals surface area (Å²) in [6.45, 7) is 13.3. The summed E-state index contributed by atoms with van der Waals surface area (Å²) < 4.78 is 63.4. The summed E-state index contributed by atoms with van der Waals surface area (Å²) in [4.78, 5) is 51.5. The molecule has 8 saturated carbocycles. The fourth-order valence-electron chi connectivity index (χ4n) is 17.1. The molecule has 2 bridgehead atoms. The number of aliphatic hydroxyl groups excluding tert-OH is 4. The molecule has 0 unspecified atom stereocenters. The first kappa shape index (κ1) is 98.4. The molecule has 2 aliphatic heterocycles. The lowest BCUT2D eigenvalue weighted by Crippen LogP contribution is -2.49. The molecule has 0 saturated heterocycles. The van der Waals surface area contributed by atoms with E-state index in [1.807, 2.05) is 143 Å². The number of halogens is 2. The zero-order valence-electron chi connectivity index (χ0n) is 72.5. The van der Waals surface area contributed by atoms with Crippen LogP contribution in [-0.2, 0) is 69.1 Å². The summed E-state index contributed by atoms with van der Waals surface area (Å²) >= 11 is 6.47. The number of esters is 3. The molecule has 25 heteroatoms. The van der Waals surface area contributed by atoms with Crippen LogP contribution in [-0.4, -0.2) is 179 Å². The average molecular weight is 1740 g/mol. The second kappa shape index (κ2) is 48.4. The molecular formula is C96H139Cl2N5O17S. The number of nitrogens with two attached hydrogens (primary N) is 3. The minimum absolute atomic E-state index is 0. The second-order valence-corrected chi connectivity index (χ2v) is 38.7. The van der Waals surface area contributed by atoms with Crippen LogP contribution in [0.2, 0.25) is 5.02 Å². The lowest BCUT2D eigenvalue weighted by atomic mass is 9.68. The molecule has 2 heterocycles. The molecule has 11 aliphatic rings. The lowest BCUT2D eigenvalue weighted by Gasteiger charge is -2.46. The van der Waals surface area contributed by atoms with Crippen molar-refractivity contribution in [2.24, 2.45) is 104 Å². The summed E-state index contributed by atoms with van der Waals surface area (Å²) in [5.74, 6) is 6.89. The van der Waals surface area contributed by atoms with Gasteiger partial charge in [0.15, 0.2) is 0 Å². The second-order valence-electron chi connectivity index (χ2n) is 35.8. The molecule has 0 radical (unpaired) electrons. The average Bonchev–Trinajstić information content (AvgIpc) is 1.20. The van der Waals surface area contributed by atoms with Crippen molar-refractivity contribution in [3.8, 4) is 5.75 Å². The van der Waals surface area contributed by atoms with Gasteiger partial charge in [0, 0.05) is 146 Å². The van der Waals surface area contributed by atoms with Gasteiger partial charge in [0.2, 0.25) is 0 Å². The molecule has 10 N–H and O–H groups in total. The molecule has 1 amide bonds. The third-order valence-electron chi connectivity index (χ3n) is 25.9. The first-order valence-electron chi connectivity index (χ1n) is 44.0. The van der Waals surface area contributed by atoms with Gasteiger partial charge in [0.05, 0.1) is 34.7 Å². The number of nitrogens with zero attached hydrogens (tertiary/aromatic N) is 2. The van der Waals surface area contributed by atoms with E-state index in [0.717, 1.165) is 156 Å². The smallest absolute Gasteiger partial charge is 0.306 e. The van der Waals surface area contributed by atoms with Gasteiger partial charge in [0.1, 0.15) is 24.1 Å². The van der Waals surface area contributed by atoms with Crippen molar-refractivity contribution >= 4 is 63.2 Å². The Balaban J connectivity index is 0.000000188. The number of rotatable bonds is 27. The highest BCUT2D eigenvalue weighted by Gasteiger charge is 2.46. The Morgan fingerprint density at radius 1 is 0.603 bits per heavy atom. The molecule has 16 rings (SSSR count). The van der Waals surface area contributed by atoms with Crippen LogP contribution in [0.25, 0.3) is 0 Å². The van der Waals surface area contributed by atoms with Crippen LogP contribution >= 0.6 is 24.0 Å². The number of aryl methyl sites for hydroxylation is 1. The largest absolute Gasteiger partial charge is 0.490 e. The number of carbonyl (C=O) groups is 4. The van der Waals surface area contributed by atoms with Gasteiger partial charge in [-0.2, -0.15) is 4.36 Å². The Kier molecular flexibility index (Phi) is 39.3. The normalized spacial score (nSPS) is 30.9. The number of aliphatic hydroxyl groups is 4. The number of allylic oxidation sites excluding steroid dienone is 1. The topological polar surface area (TPSA) is 334 Å². The summed E-state index contributed by atoms with van der Waals surface area (Å²) in [7, 11) is 4.22. The SMILES string of the molecule is COC[C@H]1C[C@H]1CC(=O)O[C@@H](C)c1ccccc1.COC[C@H]1C[C@H]1CCC[S@@]1(=O)=NC(=O)c2ccc3c(c2)N(C[C@@H]2CC[C@H]2[C@@H](OC)/C=C/C[C@H](C)C1)C[C@@]1(CCCc2cc(Cl)ccc21)CO3.COC[C@H]1C[C@H]1N.C[C@H](OC(=O)C[C@@H]1C[C@@H]1CO)c1ccccc1.C[C@H](OC(=O)C[C@H]1C[C@H]1CO)c1ccccc1.Cl.N[C@@H]1C[C@@H]1CO.N[C@H]1C[C@H]1CO. The van der Waals surface area contributed by atoms with Gasteiger partial charge in [-0.15, -0.1) is 12.4 Å². The minimum atomic E-state index is -2.77. The van der Waals surface area contributed by atoms with E-state index in [1.54, 1.807) is 21.3 Å². The van der Waals surface area contributed by atoms with Crippen LogP contribution in [0.1, 0.15) is 193 Å². The third kappa shape index (κ3) is 31.3. The van der Waals surface area contributed by atoms with Crippen molar-refractivity contribution < 1.29 is 81.7 Å². The molecule has 5 aromatic rings. The maximum absolute atomic E-state index is 14.6. The summed E-state index contributed by atoms with van der Waals surface area (Å²) in [5, 5.41) is 35.2. The molecule has 670 valence electrons. The molecule has 23 atom stereocenters. The molecule has 5 aromatic carbocycles. The quantitative estimate of drug-likeness (QED) is 0.0146. The molecular weight excluding hydrogens is 1600 g/mol. The molecule has 1 spiro atoms. The van der Waals surface area contributed by atoms with Gasteiger partial charge in [-0.05, 0) is 258 Å². The van der Waals surface area contributed by atoms with Crippen molar-refractivity contribution in [3.63, 3.8) is 0 Å². The zero-order valence-corrected chi connectivity index (χ0v) is 74.9. The third-order valence-corrected chi connectivity index (χ3v) is 28.7. The summed E-state index contributed by atoms with van der Waals surface area (Å²) in [6, 6.07) is 42.4. The predicted molar refractivity (Wildman–Crippen MR) is 477 cm³/mol. The highest BCUT2D eigenvalue weighted by Crippen LogP contribution is 2.49. The van der Waals surface area contributed by atoms with Crippen LogP contribution < -0.4 is 26.8 Å². The van der Waals surface area contributed by atoms with Gasteiger partial charge >= 0.3 is 17.9 Å². The van der Waals surface area contributed by atoms with E-state index in [4.69, 9.17) is 87.1 Å². The zero-order chi connectivity index (χ0) is 86.0. The first-order valence-corrected chi connectivity index (χ1v) is 46.2. The van der Waals surface area contributed by atoms with Crippen molar-refractivity contribution in [1.82, 2.24) is 0 Å². The van der Waals surface area contributed by atoms with E-state index in [2.05, 4.69) is 40.5 Å². The van der Waals surface area contributed by atoms with E-state index >= 15 is 0 Å². The number of methoxy groups -OCH3 is 4. The molecule has 22 nitrogen and oxygen atoms in total. The van der Waals surface area contributed by atoms with Crippen LogP contribution in [0.4, 0.5) is 5.69 Å². The Labute approximate surface area is 730 Å². The van der Waals surface area contributed by atoms with Crippen LogP contribution in [0, 0.1) is 82.9 Å². The summed E-state index contributed by atoms with van der Waals surface area (Å²) in [6.07, 6.45) is 20.6. The van der Waals surface area contributed by atoms with Crippen LogP contribution in [0.3, 0.4) is 0 Å². The van der Waals surface area contributed by atoms with E-state index in [-0.39, 0.29) is 98.4 Å². The number of fused-ring (bicyclic) bond motifs is 4. The van der Waals surface area contributed by atoms with Gasteiger partial charge < -0.3 is 80.4 Å². The van der Waals surface area contributed by atoms with Crippen molar-refractivity contribution in [2.75, 3.05) is 111 Å². The molecule has 9 aliphatic carbocycles. The molecule has 0 aromatic heterocycles.